The molecule has 0 bridgehead atoms. The van der Waals surface area contributed by atoms with Crippen LogP contribution in [0.4, 0.5) is 0 Å². The Morgan fingerprint density at radius 2 is 2.00 bits per heavy atom. The largest absolute Gasteiger partial charge is 0.233 e. The number of hydrogen-bond acceptors (Lipinski definition) is 2. The Labute approximate surface area is 75.7 Å². The number of benzene rings is 1. The molecule has 2 aromatic rings. The van der Waals surface area contributed by atoms with Gasteiger partial charge in [-0.25, -0.2) is 4.98 Å². The van der Waals surface area contributed by atoms with Gasteiger partial charge in [0.2, 0.25) is 0 Å². The SMILES string of the molecule is Cc1s[c]nc1-c1ccccc1. The van der Waals surface area contributed by atoms with E-state index in [1.807, 2.05) is 18.2 Å². The van der Waals surface area contributed by atoms with E-state index in [2.05, 4.69) is 29.6 Å². The molecular weight excluding hydrogens is 166 g/mol. The lowest BCUT2D eigenvalue weighted by Gasteiger charge is -1.95. The summed E-state index contributed by atoms with van der Waals surface area (Å²) >= 11 is 1.56. The average Bonchev–Trinajstić information content (AvgIpc) is 2.53. The van der Waals surface area contributed by atoms with E-state index in [1.165, 1.54) is 10.4 Å². The maximum absolute atomic E-state index is 4.18. The molecule has 0 saturated heterocycles. The fraction of sp³-hybridized carbons (Fsp3) is 0.100. The van der Waals surface area contributed by atoms with Crippen LogP contribution in [0.3, 0.4) is 0 Å². The fourth-order valence-electron chi connectivity index (χ4n) is 1.13. The molecule has 59 valence electrons. The normalized spacial score (nSPS) is 10.1. The molecule has 0 fully saturated rings. The monoisotopic (exact) mass is 174 g/mol. The molecule has 0 atom stereocenters. The lowest BCUT2D eigenvalue weighted by Crippen LogP contribution is -1.77. The molecule has 0 spiro atoms. The number of hydrogen-bond donors (Lipinski definition) is 0. The first kappa shape index (κ1) is 7.50. The van der Waals surface area contributed by atoms with E-state index in [0.29, 0.717) is 0 Å². The van der Waals surface area contributed by atoms with Gasteiger partial charge < -0.3 is 0 Å². The zero-order valence-electron chi connectivity index (χ0n) is 6.74. The zero-order chi connectivity index (χ0) is 8.39. The molecular formula is C10H8NS. The molecule has 1 radical (unpaired) electrons. The minimum absolute atomic E-state index is 1.06. The van der Waals surface area contributed by atoms with Crippen molar-refractivity contribution in [2.24, 2.45) is 0 Å². The first-order chi connectivity index (χ1) is 5.88. The van der Waals surface area contributed by atoms with Crippen molar-refractivity contribution >= 4 is 11.3 Å². The molecule has 12 heavy (non-hydrogen) atoms. The van der Waals surface area contributed by atoms with Crippen LogP contribution in [-0.4, -0.2) is 4.98 Å². The molecule has 0 aliphatic carbocycles. The van der Waals surface area contributed by atoms with Crippen molar-refractivity contribution in [1.82, 2.24) is 4.98 Å². The third kappa shape index (κ3) is 1.25. The molecule has 2 rings (SSSR count). The Kier molecular flexibility index (Phi) is 1.92. The molecule has 0 aliphatic heterocycles. The number of thiazole rings is 1. The fourth-order valence-corrected chi connectivity index (χ4v) is 1.66. The van der Waals surface area contributed by atoms with Crippen molar-refractivity contribution in [3.05, 3.63) is 40.7 Å². The molecule has 0 saturated carbocycles. The van der Waals surface area contributed by atoms with E-state index in [4.69, 9.17) is 0 Å². The van der Waals surface area contributed by atoms with E-state index < -0.39 is 0 Å². The van der Waals surface area contributed by atoms with Crippen LogP contribution < -0.4 is 0 Å². The van der Waals surface area contributed by atoms with E-state index >= 15 is 0 Å². The highest BCUT2D eigenvalue weighted by Gasteiger charge is 2.02. The summed E-state index contributed by atoms with van der Waals surface area (Å²) in [5.74, 6) is 0. The number of aromatic nitrogens is 1. The maximum Gasteiger partial charge on any atom is 0.153 e. The number of rotatable bonds is 1. The highest BCUT2D eigenvalue weighted by Crippen LogP contribution is 2.23. The summed E-state index contributed by atoms with van der Waals surface area (Å²) in [5.41, 5.74) is 5.12. The molecule has 0 unspecified atom stereocenters. The maximum atomic E-state index is 4.18. The van der Waals surface area contributed by atoms with Crippen molar-refractivity contribution < 1.29 is 0 Å². The van der Waals surface area contributed by atoms with Gasteiger partial charge in [0.1, 0.15) is 0 Å². The van der Waals surface area contributed by atoms with Crippen LogP contribution in [0.25, 0.3) is 11.3 Å². The summed E-state index contributed by atoms with van der Waals surface area (Å²) in [5, 5.41) is 0. The molecule has 1 nitrogen and oxygen atoms in total. The molecule has 2 heteroatoms. The summed E-state index contributed by atoms with van der Waals surface area (Å²) in [6.45, 7) is 2.07. The van der Waals surface area contributed by atoms with Crippen molar-refractivity contribution in [3.63, 3.8) is 0 Å². The van der Waals surface area contributed by atoms with Crippen LogP contribution in [0.5, 0.6) is 0 Å². The van der Waals surface area contributed by atoms with E-state index in [-0.39, 0.29) is 0 Å². The van der Waals surface area contributed by atoms with Crippen LogP contribution in [0, 0.1) is 12.4 Å². The molecule has 1 heterocycles. The first-order valence-corrected chi connectivity index (χ1v) is 4.58. The van der Waals surface area contributed by atoms with Crippen molar-refractivity contribution in [2.75, 3.05) is 0 Å². The summed E-state index contributed by atoms with van der Waals surface area (Å²) in [6, 6.07) is 10.2. The Balaban J connectivity index is 2.51. The van der Waals surface area contributed by atoms with Crippen LogP contribution >= 0.6 is 11.3 Å². The topological polar surface area (TPSA) is 12.9 Å². The lowest BCUT2D eigenvalue weighted by molar-refractivity contribution is 1.37. The van der Waals surface area contributed by atoms with Gasteiger partial charge in [0, 0.05) is 10.4 Å². The smallest absolute Gasteiger partial charge is 0.153 e. The van der Waals surface area contributed by atoms with Gasteiger partial charge in [0.15, 0.2) is 5.51 Å². The Morgan fingerprint density at radius 1 is 1.25 bits per heavy atom. The van der Waals surface area contributed by atoms with Crippen LogP contribution in [0.1, 0.15) is 4.88 Å². The van der Waals surface area contributed by atoms with Gasteiger partial charge in [0.05, 0.1) is 5.69 Å². The Hall–Kier alpha value is -1.15. The van der Waals surface area contributed by atoms with Gasteiger partial charge in [-0.1, -0.05) is 30.3 Å². The zero-order valence-corrected chi connectivity index (χ0v) is 7.56. The van der Waals surface area contributed by atoms with E-state index in [1.54, 1.807) is 11.3 Å². The Morgan fingerprint density at radius 3 is 2.58 bits per heavy atom. The van der Waals surface area contributed by atoms with Crippen LogP contribution in [0.2, 0.25) is 0 Å². The standard InChI is InChI=1S/C10H8NS/c1-8-10(11-7-12-8)9-5-3-2-4-6-9/h2-6H,1H3. The second-order valence-corrected chi connectivity index (χ2v) is 3.58. The van der Waals surface area contributed by atoms with Gasteiger partial charge in [-0.05, 0) is 6.92 Å². The van der Waals surface area contributed by atoms with Gasteiger partial charge in [-0.15, -0.1) is 11.3 Å². The van der Waals surface area contributed by atoms with E-state index in [0.717, 1.165) is 5.69 Å². The lowest BCUT2D eigenvalue weighted by atomic mass is 10.1. The minimum Gasteiger partial charge on any atom is -0.233 e. The molecule has 1 aromatic heterocycles. The second kappa shape index (κ2) is 3.07. The summed E-state index contributed by atoms with van der Waals surface area (Å²) in [6.07, 6.45) is 0. The third-order valence-corrected chi connectivity index (χ3v) is 2.42. The molecule has 1 aromatic carbocycles. The number of nitrogens with zero attached hydrogens (tertiary/aromatic N) is 1. The third-order valence-electron chi connectivity index (χ3n) is 1.74. The van der Waals surface area contributed by atoms with E-state index in [9.17, 15) is 0 Å². The molecule has 0 N–H and O–H groups in total. The Bertz CT molecular complexity index is 364. The average molecular weight is 174 g/mol. The second-order valence-electron chi connectivity index (χ2n) is 2.58. The van der Waals surface area contributed by atoms with Crippen molar-refractivity contribution in [1.29, 1.82) is 0 Å². The number of aryl methyl sites for hydroxylation is 1. The van der Waals surface area contributed by atoms with Gasteiger partial charge >= 0.3 is 0 Å². The van der Waals surface area contributed by atoms with Crippen molar-refractivity contribution in [3.8, 4) is 11.3 Å². The quantitative estimate of drug-likeness (QED) is 0.647. The highest BCUT2D eigenvalue weighted by molar-refractivity contribution is 7.09. The van der Waals surface area contributed by atoms with Gasteiger partial charge in [-0.2, -0.15) is 0 Å². The first-order valence-electron chi connectivity index (χ1n) is 3.77. The summed E-state index contributed by atoms with van der Waals surface area (Å²) in [7, 11) is 0. The predicted octanol–water partition coefficient (Wildman–Crippen LogP) is 2.92. The minimum atomic E-state index is 1.06. The predicted molar refractivity (Wildman–Crippen MR) is 51.1 cm³/mol. The summed E-state index contributed by atoms with van der Waals surface area (Å²) in [4.78, 5) is 5.40. The highest BCUT2D eigenvalue weighted by atomic mass is 32.1. The summed E-state index contributed by atoms with van der Waals surface area (Å²) < 4.78 is 0. The van der Waals surface area contributed by atoms with Crippen LogP contribution in [-0.2, 0) is 0 Å². The van der Waals surface area contributed by atoms with Gasteiger partial charge in [0.25, 0.3) is 0 Å². The molecule has 0 aliphatic rings. The van der Waals surface area contributed by atoms with Crippen molar-refractivity contribution in [2.45, 2.75) is 6.92 Å². The van der Waals surface area contributed by atoms with Gasteiger partial charge in [-0.3, -0.25) is 0 Å². The molecule has 0 amide bonds. The van der Waals surface area contributed by atoms with Crippen LogP contribution in [0.15, 0.2) is 30.3 Å².